The highest BCUT2D eigenvalue weighted by molar-refractivity contribution is 14.0. The Hall–Kier alpha value is -1.09. The van der Waals surface area contributed by atoms with Gasteiger partial charge in [-0.05, 0) is 31.9 Å². The number of aromatic nitrogens is 1. The van der Waals surface area contributed by atoms with E-state index in [4.69, 9.17) is 4.99 Å². The van der Waals surface area contributed by atoms with Gasteiger partial charge >= 0.3 is 0 Å². The van der Waals surface area contributed by atoms with E-state index in [-0.39, 0.29) is 35.5 Å². The van der Waals surface area contributed by atoms with E-state index in [1.54, 1.807) is 0 Å². The lowest BCUT2D eigenvalue weighted by molar-refractivity contribution is 0.00703. The quantitative estimate of drug-likeness (QED) is 0.389. The minimum absolute atomic E-state index is 0. The minimum atomic E-state index is -0.233. The van der Waals surface area contributed by atoms with Gasteiger partial charge in [0.25, 0.3) is 0 Å². The summed E-state index contributed by atoms with van der Waals surface area (Å²) < 4.78 is 0. The first-order valence-electron chi connectivity index (χ1n) is 10.00. The van der Waals surface area contributed by atoms with Crippen LogP contribution in [0, 0.1) is 5.41 Å². The zero-order chi connectivity index (χ0) is 18.4. The van der Waals surface area contributed by atoms with Gasteiger partial charge in [0.15, 0.2) is 5.96 Å². The third-order valence-corrected chi connectivity index (χ3v) is 5.76. The molecule has 152 valence electrons. The Morgan fingerprint density at radius 3 is 2.70 bits per heavy atom. The molecule has 2 N–H and O–H groups in total. The Labute approximate surface area is 180 Å². The number of halogens is 1. The van der Waals surface area contributed by atoms with Crippen LogP contribution in [0.3, 0.4) is 0 Å². The molecule has 1 aliphatic heterocycles. The number of guanidine groups is 1. The first-order chi connectivity index (χ1) is 12.6. The molecule has 1 aliphatic carbocycles. The summed E-state index contributed by atoms with van der Waals surface area (Å²) in [5, 5.41) is 13.9. The van der Waals surface area contributed by atoms with Gasteiger partial charge < -0.3 is 20.2 Å². The number of hydrogen-bond donors (Lipinski definition) is 2. The number of piperazine rings is 1. The Kier molecular flexibility index (Phi) is 8.60. The fraction of sp³-hybridized carbons (Fsp3) is 0.700. The van der Waals surface area contributed by atoms with Crippen molar-refractivity contribution in [1.29, 1.82) is 0 Å². The van der Waals surface area contributed by atoms with Gasteiger partial charge in [0, 0.05) is 44.3 Å². The second kappa shape index (κ2) is 10.5. The van der Waals surface area contributed by atoms with Gasteiger partial charge in [-0.1, -0.05) is 25.8 Å². The number of rotatable bonds is 4. The minimum Gasteiger partial charge on any atom is -0.392 e. The van der Waals surface area contributed by atoms with Crippen LogP contribution in [-0.4, -0.2) is 66.3 Å². The van der Waals surface area contributed by atoms with Crippen molar-refractivity contribution in [2.45, 2.75) is 45.6 Å². The summed E-state index contributed by atoms with van der Waals surface area (Å²) in [6.07, 6.45) is 5.92. The largest absolute Gasteiger partial charge is 0.392 e. The summed E-state index contributed by atoms with van der Waals surface area (Å²) in [5.41, 5.74) is -0.0886. The lowest BCUT2D eigenvalue weighted by atomic mass is 9.73. The van der Waals surface area contributed by atoms with Crippen molar-refractivity contribution in [2.24, 2.45) is 10.4 Å². The Morgan fingerprint density at radius 1 is 1.30 bits per heavy atom. The Bertz CT molecular complexity index is 591. The van der Waals surface area contributed by atoms with Crippen LogP contribution < -0.4 is 10.2 Å². The second-order valence-electron chi connectivity index (χ2n) is 7.75. The van der Waals surface area contributed by atoms with E-state index in [1.807, 2.05) is 18.3 Å². The van der Waals surface area contributed by atoms with Crippen LogP contribution >= 0.6 is 24.0 Å². The van der Waals surface area contributed by atoms with Gasteiger partial charge in [0.1, 0.15) is 5.82 Å². The molecule has 27 heavy (non-hydrogen) atoms. The average Bonchev–Trinajstić information content (AvgIpc) is 2.68. The van der Waals surface area contributed by atoms with E-state index in [9.17, 15) is 5.11 Å². The fourth-order valence-electron chi connectivity index (χ4n) is 3.94. The summed E-state index contributed by atoms with van der Waals surface area (Å²) in [6.45, 7) is 9.60. The smallest absolute Gasteiger partial charge is 0.194 e. The van der Waals surface area contributed by atoms with E-state index < -0.39 is 0 Å². The summed E-state index contributed by atoms with van der Waals surface area (Å²) in [5.74, 6) is 2.03. The predicted octanol–water partition coefficient (Wildman–Crippen LogP) is 2.73. The van der Waals surface area contributed by atoms with Gasteiger partial charge in [-0.3, -0.25) is 4.99 Å². The fourth-order valence-corrected chi connectivity index (χ4v) is 3.94. The van der Waals surface area contributed by atoms with Gasteiger partial charge in [-0.25, -0.2) is 4.98 Å². The van der Waals surface area contributed by atoms with Crippen LogP contribution in [0.4, 0.5) is 5.82 Å². The first-order valence-corrected chi connectivity index (χ1v) is 10.00. The number of anilines is 1. The van der Waals surface area contributed by atoms with E-state index in [1.165, 1.54) is 6.42 Å². The van der Waals surface area contributed by atoms with Crippen molar-refractivity contribution in [2.75, 3.05) is 44.2 Å². The topological polar surface area (TPSA) is 64.0 Å². The van der Waals surface area contributed by atoms with Crippen LogP contribution in [0.5, 0.6) is 0 Å². The van der Waals surface area contributed by atoms with E-state index >= 15 is 0 Å². The highest BCUT2D eigenvalue weighted by atomic mass is 127. The summed E-state index contributed by atoms with van der Waals surface area (Å²) in [7, 11) is 0. The molecule has 7 heteroatoms. The molecule has 0 aromatic carbocycles. The molecular formula is C20H34IN5O. The zero-order valence-corrected chi connectivity index (χ0v) is 18.9. The monoisotopic (exact) mass is 487 g/mol. The van der Waals surface area contributed by atoms with E-state index in [0.29, 0.717) is 6.54 Å². The van der Waals surface area contributed by atoms with Gasteiger partial charge in [-0.15, -0.1) is 24.0 Å². The molecule has 0 bridgehead atoms. The molecule has 0 radical (unpaired) electrons. The highest BCUT2D eigenvalue weighted by Gasteiger charge is 2.35. The van der Waals surface area contributed by atoms with Crippen molar-refractivity contribution in [1.82, 2.24) is 15.2 Å². The molecule has 2 aliphatic rings. The molecule has 1 aromatic rings. The molecule has 2 atom stereocenters. The van der Waals surface area contributed by atoms with Crippen LogP contribution in [0.2, 0.25) is 0 Å². The maximum absolute atomic E-state index is 10.4. The number of aliphatic hydroxyl groups excluding tert-OH is 1. The zero-order valence-electron chi connectivity index (χ0n) is 16.6. The molecule has 3 rings (SSSR count). The predicted molar refractivity (Wildman–Crippen MR) is 122 cm³/mol. The maximum atomic E-state index is 10.4. The molecule has 2 heterocycles. The van der Waals surface area contributed by atoms with Crippen molar-refractivity contribution < 1.29 is 5.11 Å². The van der Waals surface area contributed by atoms with Crippen LogP contribution in [-0.2, 0) is 0 Å². The third-order valence-electron chi connectivity index (χ3n) is 5.76. The molecule has 1 saturated carbocycles. The Morgan fingerprint density at radius 2 is 2.07 bits per heavy atom. The lowest BCUT2D eigenvalue weighted by Crippen LogP contribution is -2.53. The number of hydrogen-bond acceptors (Lipinski definition) is 4. The molecule has 2 unspecified atom stereocenters. The van der Waals surface area contributed by atoms with Crippen LogP contribution in [0.15, 0.2) is 29.4 Å². The molecule has 1 aromatic heterocycles. The van der Waals surface area contributed by atoms with Crippen LogP contribution in [0.1, 0.15) is 39.5 Å². The van der Waals surface area contributed by atoms with Crippen molar-refractivity contribution in [3.8, 4) is 0 Å². The standard InChI is InChI=1S/C20H33N5O.HI/c1-3-21-19(23-16-20(2)10-6-4-8-17(20)26)25-14-12-24(13-15-25)18-9-5-7-11-22-18;/h5,7,9,11,17,26H,3-4,6,8,10,12-16H2,1-2H3,(H,21,23);1H. The number of pyridine rings is 1. The maximum Gasteiger partial charge on any atom is 0.194 e. The van der Waals surface area contributed by atoms with E-state index in [0.717, 1.165) is 63.8 Å². The number of aliphatic hydroxyl groups is 1. The summed E-state index contributed by atoms with van der Waals surface area (Å²) >= 11 is 0. The first kappa shape index (κ1) is 22.2. The molecule has 2 fully saturated rings. The lowest BCUT2D eigenvalue weighted by Gasteiger charge is -2.39. The molecule has 6 nitrogen and oxygen atoms in total. The number of nitrogens with zero attached hydrogens (tertiary/aromatic N) is 4. The van der Waals surface area contributed by atoms with Crippen molar-refractivity contribution in [3.63, 3.8) is 0 Å². The highest BCUT2D eigenvalue weighted by Crippen LogP contribution is 2.36. The normalized spacial score (nSPS) is 26.5. The molecule has 1 saturated heterocycles. The van der Waals surface area contributed by atoms with Gasteiger partial charge in [0.2, 0.25) is 0 Å². The molecule has 0 spiro atoms. The second-order valence-corrected chi connectivity index (χ2v) is 7.75. The summed E-state index contributed by atoms with van der Waals surface area (Å²) in [4.78, 5) is 14.0. The Balaban J connectivity index is 0.00000261. The third kappa shape index (κ3) is 5.70. The van der Waals surface area contributed by atoms with Crippen molar-refractivity contribution in [3.05, 3.63) is 24.4 Å². The number of aliphatic imine (C=N–C) groups is 1. The van der Waals surface area contributed by atoms with Gasteiger partial charge in [0.05, 0.1) is 12.6 Å². The molecule has 0 amide bonds. The average molecular weight is 487 g/mol. The van der Waals surface area contributed by atoms with E-state index in [2.05, 4.69) is 40.0 Å². The molecular weight excluding hydrogens is 453 g/mol. The van der Waals surface area contributed by atoms with Gasteiger partial charge in [-0.2, -0.15) is 0 Å². The number of nitrogens with one attached hydrogen (secondary N) is 1. The van der Waals surface area contributed by atoms with Crippen LogP contribution in [0.25, 0.3) is 0 Å². The van der Waals surface area contributed by atoms with Crippen molar-refractivity contribution >= 4 is 35.8 Å². The SMILES string of the molecule is CCNC(=NCC1(C)CCCCC1O)N1CCN(c2ccccn2)CC1.I. The summed E-state index contributed by atoms with van der Waals surface area (Å²) in [6, 6.07) is 6.06.